The van der Waals surface area contributed by atoms with Crippen LogP contribution in [0.3, 0.4) is 0 Å². The molecular formula is C35H33F4N5OS. The van der Waals surface area contributed by atoms with E-state index in [-0.39, 0.29) is 11.4 Å². The van der Waals surface area contributed by atoms with Crippen molar-refractivity contribution in [3.8, 4) is 11.1 Å². The highest BCUT2D eigenvalue weighted by molar-refractivity contribution is 7.98. The minimum atomic E-state index is -4.37. The van der Waals surface area contributed by atoms with Crippen molar-refractivity contribution < 1.29 is 17.6 Å². The van der Waals surface area contributed by atoms with Gasteiger partial charge in [0.05, 0.1) is 18.7 Å². The molecule has 2 heterocycles. The Kier molecular flexibility index (Phi) is 9.39. The lowest BCUT2D eigenvalue weighted by Gasteiger charge is -2.18. The van der Waals surface area contributed by atoms with Gasteiger partial charge >= 0.3 is 6.18 Å². The van der Waals surface area contributed by atoms with Crippen LogP contribution < -0.4 is 5.56 Å². The third kappa shape index (κ3) is 7.09. The predicted octanol–water partition coefficient (Wildman–Crippen LogP) is 7.88. The van der Waals surface area contributed by atoms with Crippen molar-refractivity contribution in [1.82, 2.24) is 24.3 Å². The normalized spacial score (nSPS) is 12.9. The first-order valence-electron chi connectivity index (χ1n) is 15.4. The van der Waals surface area contributed by atoms with Gasteiger partial charge in [0.15, 0.2) is 11.0 Å². The molecule has 5 aromatic rings. The fourth-order valence-corrected chi connectivity index (χ4v) is 6.72. The Morgan fingerprint density at radius 1 is 0.804 bits per heavy atom. The van der Waals surface area contributed by atoms with E-state index in [1.807, 2.05) is 24.3 Å². The molecule has 3 aromatic carbocycles. The van der Waals surface area contributed by atoms with E-state index < -0.39 is 11.7 Å². The fourth-order valence-electron chi connectivity index (χ4n) is 5.76. The molecule has 238 valence electrons. The molecule has 6 nitrogen and oxygen atoms in total. The zero-order chi connectivity index (χ0) is 32.3. The van der Waals surface area contributed by atoms with E-state index in [2.05, 4.69) is 31.2 Å². The molecule has 0 atom stereocenters. The first kappa shape index (κ1) is 31.7. The first-order chi connectivity index (χ1) is 22.2. The molecule has 0 N–H and O–H groups in total. The number of nitrogens with zero attached hydrogens (tertiary/aromatic N) is 5. The summed E-state index contributed by atoms with van der Waals surface area (Å²) < 4.78 is 56.7. The summed E-state index contributed by atoms with van der Waals surface area (Å²) in [5, 5.41) is 9.78. The number of hydrogen-bond donors (Lipinski definition) is 0. The molecule has 0 saturated heterocycles. The molecule has 0 bridgehead atoms. The van der Waals surface area contributed by atoms with E-state index in [4.69, 9.17) is 0 Å². The van der Waals surface area contributed by atoms with Gasteiger partial charge in [-0.2, -0.15) is 18.2 Å². The number of alkyl halides is 3. The molecule has 1 aliphatic rings. The van der Waals surface area contributed by atoms with Gasteiger partial charge in [-0.15, -0.1) is 10.2 Å². The van der Waals surface area contributed by atoms with Crippen molar-refractivity contribution in [2.75, 3.05) is 0 Å². The number of thioether (sulfide) groups is 1. The summed E-state index contributed by atoms with van der Waals surface area (Å²) in [6.45, 7) is 3.04. The number of hydrogen-bond acceptors (Lipinski definition) is 5. The van der Waals surface area contributed by atoms with Crippen LogP contribution in [-0.2, 0) is 44.3 Å². The number of rotatable bonds is 11. The Morgan fingerprint density at radius 2 is 1.46 bits per heavy atom. The third-order valence-electron chi connectivity index (χ3n) is 8.28. The molecule has 2 aromatic heterocycles. The number of halogens is 4. The van der Waals surface area contributed by atoms with Gasteiger partial charge in [0, 0.05) is 23.4 Å². The topological polar surface area (TPSA) is 65.6 Å². The van der Waals surface area contributed by atoms with E-state index >= 15 is 0 Å². The number of unbranched alkanes of at least 4 members (excludes halogenated alkanes) is 1. The van der Waals surface area contributed by atoms with Gasteiger partial charge in [-0.1, -0.05) is 73.6 Å². The van der Waals surface area contributed by atoms with E-state index in [0.29, 0.717) is 36.0 Å². The molecule has 0 saturated carbocycles. The van der Waals surface area contributed by atoms with Crippen molar-refractivity contribution in [3.63, 3.8) is 0 Å². The van der Waals surface area contributed by atoms with E-state index in [0.717, 1.165) is 83.8 Å². The van der Waals surface area contributed by atoms with Crippen LogP contribution in [0.1, 0.15) is 65.8 Å². The molecule has 0 unspecified atom stereocenters. The largest absolute Gasteiger partial charge is 0.416 e. The Labute approximate surface area is 268 Å². The average molecular weight is 648 g/mol. The maximum atomic E-state index is 13.5. The summed E-state index contributed by atoms with van der Waals surface area (Å²) in [7, 11) is 0. The lowest BCUT2D eigenvalue weighted by Crippen LogP contribution is -2.23. The minimum absolute atomic E-state index is 0.191. The SMILES string of the molecule is CCCCc1nnc(Cn2c(SCc3ccc(F)cc3)nc(=O)c3c2CCC3)n1Cc1ccc(-c2ccc(C(F)(F)F)cc2)cc1. The number of fused-ring (bicyclic) bond motifs is 1. The molecule has 0 fully saturated rings. The van der Waals surface area contributed by atoms with Crippen LogP contribution in [0.15, 0.2) is 82.7 Å². The van der Waals surface area contributed by atoms with E-state index in [1.54, 1.807) is 12.1 Å². The summed E-state index contributed by atoms with van der Waals surface area (Å²) in [5.41, 5.74) is 4.33. The standard InChI is InChI=1S/C35H33F4N5OS/c1-2-3-7-31-41-42-32(44(31)20-23-8-12-25(13-9-23)26-14-16-27(17-15-26)35(37,38)39)21-43-30-6-4-5-29(30)33(45)40-34(43)46-22-24-10-18-28(36)19-11-24/h8-19H,2-7,20-22H2,1H3. The van der Waals surface area contributed by atoms with Crippen LogP contribution in [0.4, 0.5) is 17.6 Å². The Bertz CT molecular complexity index is 1860. The lowest BCUT2D eigenvalue weighted by molar-refractivity contribution is -0.137. The number of aromatic nitrogens is 5. The Hall–Kier alpha value is -4.25. The summed E-state index contributed by atoms with van der Waals surface area (Å²) in [6.07, 6.45) is 0.715. The van der Waals surface area contributed by atoms with Gasteiger partial charge in [-0.25, -0.2) is 4.39 Å². The van der Waals surface area contributed by atoms with Crippen LogP contribution >= 0.6 is 11.8 Å². The highest BCUT2D eigenvalue weighted by atomic mass is 32.2. The minimum Gasteiger partial charge on any atom is -0.316 e. The second kappa shape index (κ2) is 13.6. The molecule has 46 heavy (non-hydrogen) atoms. The van der Waals surface area contributed by atoms with Gasteiger partial charge in [0.2, 0.25) is 0 Å². The van der Waals surface area contributed by atoms with Crippen LogP contribution in [0, 0.1) is 5.82 Å². The monoisotopic (exact) mass is 647 g/mol. The highest BCUT2D eigenvalue weighted by Crippen LogP contribution is 2.31. The van der Waals surface area contributed by atoms with Crippen LogP contribution in [-0.4, -0.2) is 24.3 Å². The third-order valence-corrected chi connectivity index (χ3v) is 9.33. The molecule has 6 rings (SSSR count). The Balaban J connectivity index is 1.29. The van der Waals surface area contributed by atoms with Crippen LogP contribution in [0.2, 0.25) is 0 Å². The quantitative estimate of drug-likeness (QED) is 0.0829. The van der Waals surface area contributed by atoms with Gasteiger partial charge in [-0.3, -0.25) is 4.79 Å². The second-order valence-electron chi connectivity index (χ2n) is 11.5. The maximum Gasteiger partial charge on any atom is 0.416 e. The Morgan fingerprint density at radius 3 is 2.13 bits per heavy atom. The van der Waals surface area contributed by atoms with Crippen molar-refractivity contribution in [1.29, 1.82) is 0 Å². The summed E-state index contributed by atoms with van der Waals surface area (Å²) >= 11 is 1.45. The fraction of sp³-hybridized carbons (Fsp3) is 0.314. The lowest BCUT2D eigenvalue weighted by atomic mass is 10.0. The van der Waals surface area contributed by atoms with Crippen molar-refractivity contribution >= 4 is 11.8 Å². The molecular weight excluding hydrogens is 614 g/mol. The van der Waals surface area contributed by atoms with Gasteiger partial charge in [0.1, 0.15) is 11.6 Å². The van der Waals surface area contributed by atoms with E-state index in [1.165, 1.54) is 36.0 Å². The molecule has 0 amide bonds. The smallest absolute Gasteiger partial charge is 0.316 e. The van der Waals surface area contributed by atoms with Crippen molar-refractivity contribution in [2.24, 2.45) is 0 Å². The average Bonchev–Trinajstić information content (AvgIpc) is 3.69. The number of aryl methyl sites for hydroxylation is 1. The molecule has 11 heteroatoms. The van der Waals surface area contributed by atoms with Crippen LogP contribution in [0.5, 0.6) is 0 Å². The van der Waals surface area contributed by atoms with Gasteiger partial charge in [0.25, 0.3) is 5.56 Å². The summed E-state index contributed by atoms with van der Waals surface area (Å²) in [4.78, 5) is 17.4. The van der Waals surface area contributed by atoms with E-state index in [9.17, 15) is 22.4 Å². The molecule has 1 aliphatic carbocycles. The molecule has 0 spiro atoms. The zero-order valence-corrected chi connectivity index (χ0v) is 26.2. The zero-order valence-electron chi connectivity index (χ0n) is 25.4. The highest BCUT2D eigenvalue weighted by Gasteiger charge is 2.30. The second-order valence-corrected chi connectivity index (χ2v) is 12.4. The van der Waals surface area contributed by atoms with Gasteiger partial charge < -0.3 is 9.13 Å². The predicted molar refractivity (Wildman–Crippen MR) is 170 cm³/mol. The summed E-state index contributed by atoms with van der Waals surface area (Å²) in [6, 6.07) is 19.3. The van der Waals surface area contributed by atoms with Crippen LogP contribution in [0.25, 0.3) is 11.1 Å². The maximum absolute atomic E-state index is 13.5. The molecule has 0 radical (unpaired) electrons. The van der Waals surface area contributed by atoms with Crippen molar-refractivity contribution in [3.05, 3.63) is 129 Å². The number of benzene rings is 3. The molecule has 0 aliphatic heterocycles. The van der Waals surface area contributed by atoms with Crippen molar-refractivity contribution in [2.45, 2.75) is 75.6 Å². The van der Waals surface area contributed by atoms with Gasteiger partial charge in [-0.05, 0) is 72.2 Å². The summed E-state index contributed by atoms with van der Waals surface area (Å²) in [5.74, 6) is 1.86. The first-order valence-corrected chi connectivity index (χ1v) is 16.4.